The first kappa shape index (κ1) is 21.8. The van der Waals surface area contributed by atoms with Gasteiger partial charge < -0.3 is 14.8 Å². The minimum absolute atomic E-state index is 0.0169. The average Bonchev–Trinajstić information content (AvgIpc) is 2.79. The van der Waals surface area contributed by atoms with Gasteiger partial charge in [0, 0.05) is 5.56 Å². The number of nitrogens with one attached hydrogen (secondary N) is 1. The standard InChI is InChI=1S/C25H22FNO4/c1-17(24(28)27-22-14-8-7-13-21(22)26)31-25(29)20(18-10-4-3-5-11-18)16-19-12-6-9-15-23(19)30-2/h3-17H,1-2H3,(H,27,28)/b20-16+/t17-/m1/s1. The van der Waals surface area contributed by atoms with Crippen molar-refractivity contribution in [1.29, 1.82) is 0 Å². The lowest BCUT2D eigenvalue weighted by atomic mass is 10.0. The van der Waals surface area contributed by atoms with Gasteiger partial charge in [0.1, 0.15) is 11.6 Å². The molecule has 3 rings (SSSR count). The minimum Gasteiger partial charge on any atom is -0.496 e. The van der Waals surface area contributed by atoms with E-state index in [0.29, 0.717) is 16.9 Å². The number of para-hydroxylation sites is 2. The first-order valence-corrected chi connectivity index (χ1v) is 9.66. The molecule has 0 unspecified atom stereocenters. The molecule has 0 aliphatic rings. The highest BCUT2D eigenvalue weighted by Crippen LogP contribution is 2.26. The highest BCUT2D eigenvalue weighted by Gasteiger charge is 2.22. The maximum Gasteiger partial charge on any atom is 0.339 e. The molecule has 0 spiro atoms. The third-order valence-corrected chi connectivity index (χ3v) is 4.53. The number of hydrogen-bond acceptors (Lipinski definition) is 4. The van der Waals surface area contributed by atoms with Gasteiger partial charge in [-0.3, -0.25) is 4.79 Å². The second-order valence-corrected chi connectivity index (χ2v) is 6.68. The molecule has 158 valence electrons. The van der Waals surface area contributed by atoms with Crippen molar-refractivity contribution in [1.82, 2.24) is 0 Å². The predicted octanol–water partition coefficient (Wildman–Crippen LogP) is 4.95. The lowest BCUT2D eigenvalue weighted by Gasteiger charge is -2.16. The molecule has 1 atom stereocenters. The van der Waals surface area contributed by atoms with Gasteiger partial charge in [0.15, 0.2) is 6.10 Å². The maximum absolute atomic E-state index is 13.8. The SMILES string of the molecule is COc1ccccc1/C=C(/C(=O)O[C@H](C)C(=O)Nc1ccccc1F)c1ccccc1. The molecule has 1 amide bonds. The number of amides is 1. The topological polar surface area (TPSA) is 64.6 Å². The molecule has 0 radical (unpaired) electrons. The van der Waals surface area contributed by atoms with Crippen LogP contribution in [-0.2, 0) is 14.3 Å². The summed E-state index contributed by atoms with van der Waals surface area (Å²) in [5, 5.41) is 2.43. The zero-order valence-corrected chi connectivity index (χ0v) is 17.2. The van der Waals surface area contributed by atoms with E-state index in [-0.39, 0.29) is 11.3 Å². The zero-order valence-electron chi connectivity index (χ0n) is 17.2. The van der Waals surface area contributed by atoms with Crippen LogP contribution in [-0.4, -0.2) is 25.1 Å². The van der Waals surface area contributed by atoms with Crippen LogP contribution in [0.5, 0.6) is 5.75 Å². The van der Waals surface area contributed by atoms with E-state index in [1.165, 1.54) is 25.1 Å². The first-order valence-electron chi connectivity index (χ1n) is 9.66. The number of hydrogen-bond donors (Lipinski definition) is 1. The fourth-order valence-corrected chi connectivity index (χ4v) is 2.89. The number of benzene rings is 3. The Balaban J connectivity index is 1.84. The molecule has 3 aromatic rings. The number of carbonyl (C=O) groups is 2. The summed E-state index contributed by atoms with van der Waals surface area (Å²) >= 11 is 0. The van der Waals surface area contributed by atoms with Crippen molar-refractivity contribution >= 4 is 29.2 Å². The highest BCUT2D eigenvalue weighted by atomic mass is 19.1. The molecule has 0 saturated carbocycles. The summed E-state index contributed by atoms with van der Waals surface area (Å²) < 4.78 is 24.6. The summed E-state index contributed by atoms with van der Waals surface area (Å²) in [4.78, 5) is 25.4. The van der Waals surface area contributed by atoms with Crippen LogP contribution in [0.4, 0.5) is 10.1 Å². The largest absolute Gasteiger partial charge is 0.496 e. The Labute approximate surface area is 180 Å². The highest BCUT2D eigenvalue weighted by molar-refractivity contribution is 6.22. The van der Waals surface area contributed by atoms with Crippen molar-refractivity contribution in [3.05, 3.63) is 95.8 Å². The molecule has 0 aliphatic carbocycles. The van der Waals surface area contributed by atoms with Crippen LogP contribution < -0.4 is 10.1 Å². The van der Waals surface area contributed by atoms with E-state index < -0.39 is 23.8 Å². The average molecular weight is 419 g/mol. The van der Waals surface area contributed by atoms with Crippen LogP contribution in [0, 0.1) is 5.82 Å². The van der Waals surface area contributed by atoms with Gasteiger partial charge >= 0.3 is 5.97 Å². The normalized spacial score (nSPS) is 12.0. The van der Waals surface area contributed by atoms with E-state index in [1.807, 2.05) is 24.3 Å². The Hall–Kier alpha value is -3.93. The van der Waals surface area contributed by atoms with E-state index in [2.05, 4.69) is 5.32 Å². The predicted molar refractivity (Wildman–Crippen MR) is 118 cm³/mol. The zero-order chi connectivity index (χ0) is 22.2. The van der Waals surface area contributed by atoms with Gasteiger partial charge in [-0.15, -0.1) is 0 Å². The van der Waals surface area contributed by atoms with Gasteiger partial charge in [0.2, 0.25) is 0 Å². The van der Waals surface area contributed by atoms with Crippen molar-refractivity contribution in [2.45, 2.75) is 13.0 Å². The number of methoxy groups -OCH3 is 1. The lowest BCUT2D eigenvalue weighted by Crippen LogP contribution is -2.30. The van der Waals surface area contributed by atoms with Gasteiger partial charge in [-0.1, -0.05) is 60.7 Å². The van der Waals surface area contributed by atoms with Gasteiger partial charge in [0.25, 0.3) is 5.91 Å². The molecule has 0 bridgehead atoms. The molecular formula is C25H22FNO4. The molecule has 0 aromatic heterocycles. The van der Waals surface area contributed by atoms with Crippen LogP contribution in [0.1, 0.15) is 18.1 Å². The molecule has 5 nitrogen and oxygen atoms in total. The monoisotopic (exact) mass is 419 g/mol. The number of rotatable bonds is 7. The molecule has 1 N–H and O–H groups in total. The molecule has 0 fully saturated rings. The van der Waals surface area contributed by atoms with Gasteiger partial charge in [-0.05, 0) is 36.8 Å². The summed E-state index contributed by atoms with van der Waals surface area (Å²) in [6, 6.07) is 22.0. The Morgan fingerprint density at radius 3 is 2.29 bits per heavy atom. The number of halogens is 1. The summed E-state index contributed by atoms with van der Waals surface area (Å²) in [6.45, 7) is 1.43. The third-order valence-electron chi connectivity index (χ3n) is 4.53. The third kappa shape index (κ3) is 5.57. The van der Waals surface area contributed by atoms with Gasteiger partial charge in [-0.2, -0.15) is 0 Å². The molecule has 3 aromatic carbocycles. The van der Waals surface area contributed by atoms with E-state index in [0.717, 1.165) is 0 Å². The number of esters is 1. The van der Waals surface area contributed by atoms with Crippen LogP contribution in [0.25, 0.3) is 11.6 Å². The van der Waals surface area contributed by atoms with Gasteiger partial charge in [0.05, 0.1) is 18.4 Å². The fraction of sp³-hybridized carbons (Fsp3) is 0.120. The van der Waals surface area contributed by atoms with Crippen molar-refractivity contribution in [2.24, 2.45) is 0 Å². The molecule has 6 heteroatoms. The summed E-state index contributed by atoms with van der Waals surface area (Å²) in [5.74, 6) is -1.30. The van der Waals surface area contributed by atoms with Crippen LogP contribution in [0.2, 0.25) is 0 Å². The van der Waals surface area contributed by atoms with Crippen molar-refractivity contribution in [2.75, 3.05) is 12.4 Å². The fourth-order valence-electron chi connectivity index (χ4n) is 2.89. The summed E-state index contributed by atoms with van der Waals surface area (Å²) in [6.07, 6.45) is 0.509. The molecule has 0 heterocycles. The maximum atomic E-state index is 13.8. The Kier molecular flexibility index (Phi) is 7.17. The first-order chi connectivity index (χ1) is 15.0. The summed E-state index contributed by atoms with van der Waals surface area (Å²) in [7, 11) is 1.54. The minimum atomic E-state index is -1.14. The second kappa shape index (κ2) is 10.2. The molecule has 31 heavy (non-hydrogen) atoms. The molecular weight excluding hydrogens is 397 g/mol. The number of carbonyl (C=O) groups excluding carboxylic acids is 2. The lowest BCUT2D eigenvalue weighted by molar-refractivity contribution is -0.147. The quantitative estimate of drug-likeness (QED) is 0.335. The molecule has 0 aliphatic heterocycles. The number of anilines is 1. The Morgan fingerprint density at radius 1 is 0.935 bits per heavy atom. The van der Waals surface area contributed by atoms with E-state index in [4.69, 9.17) is 9.47 Å². The van der Waals surface area contributed by atoms with E-state index in [9.17, 15) is 14.0 Å². The van der Waals surface area contributed by atoms with Crippen molar-refractivity contribution < 1.29 is 23.5 Å². The smallest absolute Gasteiger partial charge is 0.339 e. The van der Waals surface area contributed by atoms with Crippen molar-refractivity contribution in [3.8, 4) is 5.75 Å². The Morgan fingerprint density at radius 2 is 1.58 bits per heavy atom. The van der Waals surface area contributed by atoms with Gasteiger partial charge in [-0.25, -0.2) is 9.18 Å². The van der Waals surface area contributed by atoms with Crippen LogP contribution in [0.15, 0.2) is 78.9 Å². The van der Waals surface area contributed by atoms with Crippen LogP contribution >= 0.6 is 0 Å². The van der Waals surface area contributed by atoms with Crippen molar-refractivity contribution in [3.63, 3.8) is 0 Å². The van der Waals surface area contributed by atoms with Crippen LogP contribution in [0.3, 0.4) is 0 Å². The second-order valence-electron chi connectivity index (χ2n) is 6.68. The Bertz CT molecular complexity index is 1100. The number of ether oxygens (including phenoxy) is 2. The van der Waals surface area contributed by atoms with E-state index in [1.54, 1.807) is 49.6 Å². The molecule has 0 saturated heterocycles. The summed E-state index contributed by atoms with van der Waals surface area (Å²) in [5.41, 5.74) is 1.59. The van der Waals surface area contributed by atoms with E-state index >= 15 is 0 Å².